The Morgan fingerprint density at radius 1 is 1.33 bits per heavy atom. The molecule has 1 aromatic rings. The van der Waals surface area contributed by atoms with Crippen molar-refractivity contribution in [1.82, 2.24) is 5.32 Å². The highest BCUT2D eigenvalue weighted by Crippen LogP contribution is 2.38. The third kappa shape index (κ3) is 3.55. The summed E-state index contributed by atoms with van der Waals surface area (Å²) in [5, 5.41) is 4.22. The van der Waals surface area contributed by atoms with Crippen LogP contribution in [0, 0.1) is 5.92 Å². The van der Waals surface area contributed by atoms with Gasteiger partial charge in [0.05, 0.1) is 24.9 Å². The topological polar surface area (TPSA) is 33.7 Å². The Morgan fingerprint density at radius 3 is 2.67 bits per heavy atom. The van der Waals surface area contributed by atoms with E-state index < -0.39 is 0 Å². The molecule has 0 bridgehead atoms. The van der Waals surface area contributed by atoms with Crippen LogP contribution in [0.15, 0.2) is 12.1 Å². The standard InChI is InChI=1S/C16H25ClN2O2/c1-5-11(2)13-10-19(7-6-18-13)14-8-12(17)15(20-3)9-16(14)21-4/h8-9,11,13,18H,5-7,10H2,1-4H3. The van der Waals surface area contributed by atoms with E-state index in [1.807, 2.05) is 12.1 Å². The van der Waals surface area contributed by atoms with Gasteiger partial charge < -0.3 is 19.7 Å². The van der Waals surface area contributed by atoms with E-state index in [0.29, 0.717) is 22.7 Å². The van der Waals surface area contributed by atoms with Crippen LogP contribution in [0.5, 0.6) is 11.5 Å². The van der Waals surface area contributed by atoms with Crippen LogP contribution in [0.2, 0.25) is 5.02 Å². The first kappa shape index (κ1) is 16.2. The minimum absolute atomic E-state index is 0.495. The highest BCUT2D eigenvalue weighted by Gasteiger charge is 2.25. The smallest absolute Gasteiger partial charge is 0.145 e. The minimum atomic E-state index is 0.495. The number of halogens is 1. The van der Waals surface area contributed by atoms with Crippen molar-refractivity contribution in [1.29, 1.82) is 0 Å². The molecule has 4 nitrogen and oxygen atoms in total. The van der Waals surface area contributed by atoms with Crippen molar-refractivity contribution in [3.8, 4) is 11.5 Å². The Hall–Kier alpha value is -1.13. The van der Waals surface area contributed by atoms with Crippen LogP contribution in [0.1, 0.15) is 20.3 Å². The van der Waals surface area contributed by atoms with E-state index in [0.717, 1.165) is 31.1 Å². The lowest BCUT2D eigenvalue weighted by atomic mass is 9.97. The molecule has 0 aliphatic carbocycles. The van der Waals surface area contributed by atoms with Gasteiger partial charge in [-0.15, -0.1) is 0 Å². The van der Waals surface area contributed by atoms with Crippen molar-refractivity contribution in [2.24, 2.45) is 5.92 Å². The van der Waals surface area contributed by atoms with Crippen molar-refractivity contribution in [2.45, 2.75) is 26.3 Å². The maximum Gasteiger partial charge on any atom is 0.145 e. The van der Waals surface area contributed by atoms with Crippen LogP contribution >= 0.6 is 11.6 Å². The average Bonchev–Trinajstić information content (AvgIpc) is 2.53. The minimum Gasteiger partial charge on any atom is -0.495 e. The number of hydrogen-bond donors (Lipinski definition) is 1. The predicted molar refractivity (Wildman–Crippen MR) is 88.0 cm³/mol. The summed E-state index contributed by atoms with van der Waals surface area (Å²) >= 11 is 6.28. The Kier molecular flexibility index (Phi) is 5.59. The van der Waals surface area contributed by atoms with Crippen molar-refractivity contribution >= 4 is 17.3 Å². The fourth-order valence-corrected chi connectivity index (χ4v) is 2.99. The van der Waals surface area contributed by atoms with Gasteiger partial charge >= 0.3 is 0 Å². The molecule has 5 heteroatoms. The summed E-state index contributed by atoms with van der Waals surface area (Å²) in [4.78, 5) is 2.34. The molecule has 1 aliphatic heterocycles. The van der Waals surface area contributed by atoms with Crippen LogP contribution in [0.4, 0.5) is 5.69 Å². The fraction of sp³-hybridized carbons (Fsp3) is 0.625. The van der Waals surface area contributed by atoms with E-state index in [9.17, 15) is 0 Å². The van der Waals surface area contributed by atoms with Crippen LogP contribution in [0.25, 0.3) is 0 Å². The molecule has 1 aromatic carbocycles. The monoisotopic (exact) mass is 312 g/mol. The number of nitrogens with one attached hydrogen (secondary N) is 1. The molecule has 1 aliphatic rings. The van der Waals surface area contributed by atoms with Gasteiger partial charge in [0.25, 0.3) is 0 Å². The summed E-state index contributed by atoms with van der Waals surface area (Å²) in [6, 6.07) is 4.30. The Labute approximate surface area is 132 Å². The molecule has 2 rings (SSSR count). The van der Waals surface area contributed by atoms with Gasteiger partial charge in [0.2, 0.25) is 0 Å². The SMILES string of the molecule is CCC(C)C1CN(c2cc(Cl)c(OC)cc2OC)CCN1. The number of anilines is 1. The molecule has 1 saturated heterocycles. The summed E-state index contributed by atoms with van der Waals surface area (Å²) in [5.41, 5.74) is 1.04. The zero-order valence-corrected chi connectivity index (χ0v) is 14.0. The van der Waals surface area contributed by atoms with Crippen LogP contribution in [0.3, 0.4) is 0 Å². The normalized spacial score (nSPS) is 20.2. The van der Waals surface area contributed by atoms with E-state index in [-0.39, 0.29) is 0 Å². The molecule has 0 amide bonds. The molecule has 0 aromatic heterocycles. The second-order valence-corrected chi connectivity index (χ2v) is 5.96. The van der Waals surface area contributed by atoms with Crippen molar-refractivity contribution in [3.05, 3.63) is 17.2 Å². The second-order valence-electron chi connectivity index (χ2n) is 5.55. The molecule has 1 heterocycles. The number of rotatable bonds is 5. The van der Waals surface area contributed by atoms with Crippen LogP contribution in [-0.4, -0.2) is 39.9 Å². The third-order valence-electron chi connectivity index (χ3n) is 4.33. The Morgan fingerprint density at radius 2 is 2.05 bits per heavy atom. The maximum atomic E-state index is 6.28. The highest BCUT2D eigenvalue weighted by atomic mass is 35.5. The summed E-state index contributed by atoms with van der Waals surface area (Å²) in [6.45, 7) is 7.41. The second kappa shape index (κ2) is 7.23. The summed E-state index contributed by atoms with van der Waals surface area (Å²) < 4.78 is 10.8. The fourth-order valence-electron chi connectivity index (χ4n) is 2.75. The lowest BCUT2D eigenvalue weighted by Gasteiger charge is -2.38. The molecule has 2 atom stereocenters. The first-order valence-corrected chi connectivity index (χ1v) is 7.88. The van der Waals surface area contributed by atoms with Gasteiger partial charge in [0.15, 0.2) is 0 Å². The zero-order chi connectivity index (χ0) is 15.4. The van der Waals surface area contributed by atoms with E-state index in [1.54, 1.807) is 14.2 Å². The van der Waals surface area contributed by atoms with E-state index in [1.165, 1.54) is 6.42 Å². The van der Waals surface area contributed by atoms with Crippen LogP contribution < -0.4 is 19.7 Å². The molecule has 0 spiro atoms. The Balaban J connectivity index is 2.26. The first-order valence-electron chi connectivity index (χ1n) is 7.50. The molecule has 21 heavy (non-hydrogen) atoms. The van der Waals surface area contributed by atoms with Crippen molar-refractivity contribution in [3.63, 3.8) is 0 Å². The van der Waals surface area contributed by atoms with Gasteiger partial charge in [-0.2, -0.15) is 0 Å². The number of ether oxygens (including phenoxy) is 2. The number of methoxy groups -OCH3 is 2. The quantitative estimate of drug-likeness (QED) is 0.905. The highest BCUT2D eigenvalue weighted by molar-refractivity contribution is 6.32. The molecule has 0 saturated carbocycles. The number of hydrogen-bond acceptors (Lipinski definition) is 4. The summed E-state index contributed by atoms with van der Waals surface area (Å²) in [5.74, 6) is 2.10. The zero-order valence-electron chi connectivity index (χ0n) is 13.3. The maximum absolute atomic E-state index is 6.28. The number of piperazine rings is 1. The lowest BCUT2D eigenvalue weighted by Crippen LogP contribution is -2.53. The molecule has 0 radical (unpaired) electrons. The Bertz CT molecular complexity index is 482. The first-order chi connectivity index (χ1) is 10.1. The third-order valence-corrected chi connectivity index (χ3v) is 4.63. The summed E-state index contributed by atoms with van der Waals surface area (Å²) in [6.07, 6.45) is 1.17. The van der Waals surface area contributed by atoms with Gasteiger partial charge in [-0.25, -0.2) is 0 Å². The van der Waals surface area contributed by atoms with Crippen LogP contribution in [-0.2, 0) is 0 Å². The molecule has 118 valence electrons. The van der Waals surface area contributed by atoms with E-state index >= 15 is 0 Å². The van der Waals surface area contributed by atoms with E-state index in [2.05, 4.69) is 24.1 Å². The largest absolute Gasteiger partial charge is 0.495 e. The van der Waals surface area contributed by atoms with Gasteiger partial charge in [0.1, 0.15) is 11.5 Å². The van der Waals surface area contributed by atoms with Gasteiger partial charge in [-0.05, 0) is 12.0 Å². The lowest BCUT2D eigenvalue weighted by molar-refractivity contribution is 0.338. The van der Waals surface area contributed by atoms with Gasteiger partial charge in [-0.1, -0.05) is 31.9 Å². The van der Waals surface area contributed by atoms with Crippen molar-refractivity contribution < 1.29 is 9.47 Å². The number of nitrogens with zero attached hydrogens (tertiary/aromatic N) is 1. The van der Waals surface area contributed by atoms with Crippen molar-refractivity contribution in [2.75, 3.05) is 38.8 Å². The molecule has 1 N–H and O–H groups in total. The van der Waals surface area contributed by atoms with E-state index in [4.69, 9.17) is 21.1 Å². The summed E-state index contributed by atoms with van der Waals surface area (Å²) in [7, 11) is 3.30. The average molecular weight is 313 g/mol. The number of benzene rings is 1. The molecular formula is C16H25ClN2O2. The molecule has 2 unspecified atom stereocenters. The van der Waals surface area contributed by atoms with Gasteiger partial charge in [0, 0.05) is 31.7 Å². The molecular weight excluding hydrogens is 288 g/mol. The predicted octanol–water partition coefficient (Wildman–Crippen LogP) is 3.18. The molecule has 1 fully saturated rings. The van der Waals surface area contributed by atoms with Gasteiger partial charge in [-0.3, -0.25) is 0 Å².